The lowest BCUT2D eigenvalue weighted by molar-refractivity contribution is 0.248. The van der Waals surface area contributed by atoms with Crippen molar-refractivity contribution in [1.29, 1.82) is 0 Å². The van der Waals surface area contributed by atoms with Crippen LogP contribution >= 0.6 is 0 Å². The largest absolute Gasteiger partial charge is 0.331 e. The molecule has 2 aromatic carbocycles. The van der Waals surface area contributed by atoms with E-state index in [1.807, 2.05) is 18.2 Å². The summed E-state index contributed by atoms with van der Waals surface area (Å²) in [5, 5.41) is 6.01. The highest BCUT2D eigenvalue weighted by molar-refractivity contribution is 5.89. The second-order valence-corrected chi connectivity index (χ2v) is 7.22. The molecular weight excluding hydrogens is 284 g/mol. The van der Waals surface area contributed by atoms with Gasteiger partial charge in [-0.05, 0) is 47.1 Å². The van der Waals surface area contributed by atoms with E-state index >= 15 is 0 Å². The van der Waals surface area contributed by atoms with Crippen molar-refractivity contribution in [3.63, 3.8) is 0 Å². The number of nitrogens with one attached hydrogen (secondary N) is 2. The van der Waals surface area contributed by atoms with E-state index in [1.165, 1.54) is 16.7 Å². The number of hydrogen-bond donors (Lipinski definition) is 2. The molecule has 0 bridgehead atoms. The van der Waals surface area contributed by atoms with Gasteiger partial charge in [-0.15, -0.1) is 0 Å². The summed E-state index contributed by atoms with van der Waals surface area (Å²) in [5.41, 5.74) is 4.78. The topological polar surface area (TPSA) is 41.1 Å². The maximum atomic E-state index is 12.2. The Morgan fingerprint density at radius 2 is 1.74 bits per heavy atom. The van der Waals surface area contributed by atoms with Gasteiger partial charge in [0.05, 0.1) is 6.04 Å². The average molecular weight is 308 g/mol. The van der Waals surface area contributed by atoms with Crippen molar-refractivity contribution in [2.24, 2.45) is 0 Å². The van der Waals surface area contributed by atoms with Crippen LogP contribution in [-0.4, -0.2) is 6.03 Å². The summed E-state index contributed by atoms with van der Waals surface area (Å²) in [6.45, 7) is 6.54. The van der Waals surface area contributed by atoms with Gasteiger partial charge in [0.25, 0.3) is 0 Å². The monoisotopic (exact) mass is 308 g/mol. The van der Waals surface area contributed by atoms with Gasteiger partial charge in [-0.1, -0.05) is 57.2 Å². The molecule has 23 heavy (non-hydrogen) atoms. The summed E-state index contributed by atoms with van der Waals surface area (Å²) in [7, 11) is 0. The Hall–Kier alpha value is -2.29. The Bertz CT molecular complexity index is 698. The molecule has 0 fully saturated rings. The molecule has 1 atom stereocenters. The molecule has 3 rings (SSSR count). The first-order valence-electron chi connectivity index (χ1n) is 8.19. The minimum absolute atomic E-state index is 0.111. The fourth-order valence-electron chi connectivity index (χ4n) is 3.09. The van der Waals surface area contributed by atoms with Crippen LogP contribution in [0.5, 0.6) is 0 Å². The fraction of sp³-hybridized carbons (Fsp3) is 0.350. The molecule has 2 amide bonds. The standard InChI is InChI=1S/C20H24N2O/c1-20(2,3)15-9-11-16(12-10-15)21-19(23)22-18-13-8-14-6-4-5-7-17(14)18/h4-7,9-12,18H,8,13H2,1-3H3,(H2,21,22,23). The van der Waals surface area contributed by atoms with Crippen LogP contribution in [0, 0.1) is 0 Å². The number of rotatable bonds is 2. The zero-order chi connectivity index (χ0) is 16.4. The van der Waals surface area contributed by atoms with Crippen LogP contribution in [0.3, 0.4) is 0 Å². The van der Waals surface area contributed by atoms with E-state index in [-0.39, 0.29) is 17.5 Å². The molecule has 0 saturated heterocycles. The third kappa shape index (κ3) is 3.55. The Labute approximate surface area is 138 Å². The van der Waals surface area contributed by atoms with Crippen molar-refractivity contribution in [2.75, 3.05) is 5.32 Å². The first-order chi connectivity index (χ1) is 10.9. The Morgan fingerprint density at radius 3 is 2.43 bits per heavy atom. The van der Waals surface area contributed by atoms with Crippen molar-refractivity contribution in [2.45, 2.75) is 45.1 Å². The summed E-state index contributed by atoms with van der Waals surface area (Å²) in [5.74, 6) is 0. The maximum Gasteiger partial charge on any atom is 0.319 e. The smallest absolute Gasteiger partial charge is 0.319 e. The summed E-state index contributed by atoms with van der Waals surface area (Å²) in [4.78, 5) is 12.2. The van der Waals surface area contributed by atoms with Crippen LogP contribution in [0.15, 0.2) is 48.5 Å². The molecule has 3 heteroatoms. The van der Waals surface area contributed by atoms with Gasteiger partial charge in [0.1, 0.15) is 0 Å². The van der Waals surface area contributed by atoms with Crippen LogP contribution < -0.4 is 10.6 Å². The molecule has 0 spiro atoms. The first-order valence-corrected chi connectivity index (χ1v) is 8.19. The minimum atomic E-state index is -0.143. The Balaban J connectivity index is 1.62. The minimum Gasteiger partial charge on any atom is -0.331 e. The summed E-state index contributed by atoms with van der Waals surface area (Å²) in [6, 6.07) is 16.4. The fourth-order valence-corrected chi connectivity index (χ4v) is 3.09. The molecule has 120 valence electrons. The van der Waals surface area contributed by atoms with Gasteiger partial charge in [0.2, 0.25) is 0 Å². The summed E-state index contributed by atoms with van der Waals surface area (Å²) >= 11 is 0. The lowest BCUT2D eigenvalue weighted by atomic mass is 9.87. The van der Waals surface area contributed by atoms with Crippen molar-refractivity contribution in [3.05, 3.63) is 65.2 Å². The van der Waals surface area contributed by atoms with Crippen molar-refractivity contribution < 1.29 is 4.79 Å². The zero-order valence-electron chi connectivity index (χ0n) is 14.0. The van der Waals surface area contributed by atoms with Crippen LogP contribution in [0.25, 0.3) is 0 Å². The molecule has 0 aliphatic heterocycles. The molecule has 3 nitrogen and oxygen atoms in total. The van der Waals surface area contributed by atoms with Gasteiger partial charge in [-0.25, -0.2) is 4.79 Å². The highest BCUT2D eigenvalue weighted by Gasteiger charge is 2.23. The predicted molar refractivity (Wildman–Crippen MR) is 94.8 cm³/mol. The number of benzene rings is 2. The Kier molecular flexibility index (Phi) is 4.12. The lowest BCUT2D eigenvalue weighted by Gasteiger charge is -2.19. The number of urea groups is 1. The average Bonchev–Trinajstić information content (AvgIpc) is 2.90. The molecule has 2 N–H and O–H groups in total. The van der Waals surface area contributed by atoms with Crippen LogP contribution in [0.4, 0.5) is 10.5 Å². The normalized spacial score (nSPS) is 16.7. The van der Waals surface area contributed by atoms with E-state index in [2.05, 4.69) is 61.7 Å². The molecular formula is C20H24N2O. The number of fused-ring (bicyclic) bond motifs is 1. The van der Waals surface area contributed by atoms with E-state index in [4.69, 9.17) is 0 Å². The molecule has 0 radical (unpaired) electrons. The molecule has 0 aromatic heterocycles. The molecule has 1 aliphatic carbocycles. The van der Waals surface area contributed by atoms with Crippen LogP contribution in [0.2, 0.25) is 0 Å². The van der Waals surface area contributed by atoms with Gasteiger partial charge in [-0.2, -0.15) is 0 Å². The van der Waals surface area contributed by atoms with Crippen LogP contribution in [0.1, 0.15) is 49.9 Å². The van der Waals surface area contributed by atoms with E-state index in [0.29, 0.717) is 0 Å². The second kappa shape index (κ2) is 6.07. The summed E-state index contributed by atoms with van der Waals surface area (Å²) in [6.07, 6.45) is 2.00. The van der Waals surface area contributed by atoms with Crippen LogP contribution in [-0.2, 0) is 11.8 Å². The zero-order valence-corrected chi connectivity index (χ0v) is 14.0. The van der Waals surface area contributed by atoms with Gasteiger partial charge >= 0.3 is 6.03 Å². The Morgan fingerprint density at radius 1 is 1.04 bits per heavy atom. The highest BCUT2D eigenvalue weighted by atomic mass is 16.2. The van der Waals surface area contributed by atoms with Crippen molar-refractivity contribution >= 4 is 11.7 Å². The summed E-state index contributed by atoms with van der Waals surface area (Å²) < 4.78 is 0. The van der Waals surface area contributed by atoms with E-state index in [0.717, 1.165) is 18.5 Å². The third-order valence-corrected chi connectivity index (χ3v) is 4.45. The molecule has 1 unspecified atom stereocenters. The maximum absolute atomic E-state index is 12.2. The predicted octanol–water partition coefficient (Wildman–Crippen LogP) is 4.79. The van der Waals surface area contributed by atoms with Gasteiger partial charge in [-0.3, -0.25) is 0 Å². The van der Waals surface area contributed by atoms with Gasteiger partial charge < -0.3 is 10.6 Å². The SMILES string of the molecule is CC(C)(C)c1ccc(NC(=O)NC2CCc3ccccc32)cc1. The van der Waals surface area contributed by atoms with Crippen molar-refractivity contribution in [1.82, 2.24) is 5.32 Å². The molecule has 2 aromatic rings. The molecule has 0 saturated carbocycles. The van der Waals surface area contributed by atoms with Gasteiger partial charge in [0, 0.05) is 5.69 Å². The van der Waals surface area contributed by atoms with Gasteiger partial charge in [0.15, 0.2) is 0 Å². The number of carbonyl (C=O) groups excluding carboxylic acids is 1. The lowest BCUT2D eigenvalue weighted by Crippen LogP contribution is -2.31. The molecule has 1 aliphatic rings. The number of amides is 2. The number of carbonyl (C=O) groups is 1. The van der Waals surface area contributed by atoms with E-state index in [1.54, 1.807) is 0 Å². The van der Waals surface area contributed by atoms with E-state index in [9.17, 15) is 4.79 Å². The second-order valence-electron chi connectivity index (χ2n) is 7.22. The molecule has 0 heterocycles. The number of aryl methyl sites for hydroxylation is 1. The number of anilines is 1. The third-order valence-electron chi connectivity index (χ3n) is 4.45. The van der Waals surface area contributed by atoms with E-state index < -0.39 is 0 Å². The first kappa shape index (κ1) is 15.6. The quantitative estimate of drug-likeness (QED) is 0.822. The van der Waals surface area contributed by atoms with Crippen molar-refractivity contribution in [3.8, 4) is 0 Å². The number of hydrogen-bond acceptors (Lipinski definition) is 1. The highest BCUT2D eigenvalue weighted by Crippen LogP contribution is 2.30.